The van der Waals surface area contributed by atoms with E-state index in [0.717, 1.165) is 0 Å². The van der Waals surface area contributed by atoms with Crippen molar-refractivity contribution in [2.24, 2.45) is 0 Å². The van der Waals surface area contributed by atoms with E-state index in [1.807, 2.05) is 0 Å². The minimum atomic E-state index is -0.990. The van der Waals surface area contributed by atoms with Crippen LogP contribution in [0.3, 0.4) is 0 Å². The van der Waals surface area contributed by atoms with Crippen LogP contribution in [0.25, 0.3) is 0 Å². The van der Waals surface area contributed by atoms with E-state index in [1.165, 1.54) is 12.3 Å². The molecule has 1 heterocycles. The van der Waals surface area contributed by atoms with Crippen LogP contribution < -0.4 is 0 Å². The Morgan fingerprint density at radius 3 is 2.50 bits per heavy atom. The Morgan fingerprint density at radius 1 is 1.50 bits per heavy atom. The van der Waals surface area contributed by atoms with Crippen molar-refractivity contribution >= 4 is 23.9 Å². The first-order valence-corrected chi connectivity index (χ1v) is 2.45. The second-order valence-corrected chi connectivity index (χ2v) is 1.52. The number of carboxylic acids is 1. The summed E-state index contributed by atoms with van der Waals surface area (Å²) in [5.41, 5.74) is 0.0810. The Balaban J connectivity index is 0.000000810. The maximum atomic E-state index is 10.1. The molecule has 0 spiro atoms. The molecule has 0 amide bonds. The third kappa shape index (κ3) is 2.19. The monoisotopic (exact) mass is 201 g/mol. The standard InChI is InChI=1S/C6H5NO2.AsH3/c8-6(9)5-3-1-2-4-7-5;/h1-4H,(H,8,9);1H3. The van der Waals surface area contributed by atoms with Gasteiger partial charge >= 0.3 is 23.9 Å². The van der Waals surface area contributed by atoms with E-state index in [2.05, 4.69) is 4.98 Å². The van der Waals surface area contributed by atoms with Gasteiger partial charge in [-0.05, 0) is 12.1 Å². The summed E-state index contributed by atoms with van der Waals surface area (Å²) in [6.07, 6.45) is 1.45. The third-order valence-corrected chi connectivity index (χ3v) is 0.884. The molecule has 0 saturated carbocycles. The number of pyridine rings is 1. The van der Waals surface area contributed by atoms with E-state index in [0.29, 0.717) is 0 Å². The molecule has 10 heavy (non-hydrogen) atoms. The summed E-state index contributed by atoms with van der Waals surface area (Å²) in [5.74, 6) is -0.990. The van der Waals surface area contributed by atoms with Gasteiger partial charge in [0.05, 0.1) is 0 Å². The molecule has 1 aromatic heterocycles. The molecule has 1 aromatic rings. The van der Waals surface area contributed by atoms with Crippen LogP contribution in [0.5, 0.6) is 0 Å². The van der Waals surface area contributed by atoms with Crippen molar-refractivity contribution in [2.75, 3.05) is 0 Å². The number of aromatic nitrogens is 1. The van der Waals surface area contributed by atoms with Gasteiger partial charge in [0.25, 0.3) is 0 Å². The van der Waals surface area contributed by atoms with Gasteiger partial charge in [0.1, 0.15) is 5.69 Å². The summed E-state index contributed by atoms with van der Waals surface area (Å²) < 4.78 is 0. The maximum absolute atomic E-state index is 10.1. The summed E-state index contributed by atoms with van der Waals surface area (Å²) in [6, 6.07) is 4.76. The van der Waals surface area contributed by atoms with E-state index in [9.17, 15) is 4.79 Å². The summed E-state index contributed by atoms with van der Waals surface area (Å²) in [7, 11) is 0. The van der Waals surface area contributed by atoms with Crippen molar-refractivity contribution in [1.29, 1.82) is 0 Å². The van der Waals surface area contributed by atoms with E-state index in [-0.39, 0.29) is 23.6 Å². The normalized spacial score (nSPS) is 8.00. The van der Waals surface area contributed by atoms with Gasteiger partial charge in [0.2, 0.25) is 0 Å². The van der Waals surface area contributed by atoms with Crippen LogP contribution in [0, 0.1) is 0 Å². The first-order chi connectivity index (χ1) is 4.30. The molecule has 0 saturated heterocycles. The molecule has 0 aliphatic heterocycles. The number of hydrogen-bond acceptors (Lipinski definition) is 2. The molecule has 1 N–H and O–H groups in total. The molecule has 0 aromatic carbocycles. The van der Waals surface area contributed by atoms with E-state index >= 15 is 0 Å². The number of rotatable bonds is 1. The zero-order valence-corrected chi connectivity index (χ0v) is 8.29. The Labute approximate surface area is 69.4 Å². The number of nitrogens with zero attached hydrogens (tertiary/aromatic N) is 1. The fraction of sp³-hybridized carbons (Fsp3) is 0. The molecule has 1 rings (SSSR count). The molecule has 0 radical (unpaired) electrons. The quantitative estimate of drug-likeness (QED) is 0.628. The number of hydrogen-bond donors (Lipinski definition) is 1. The molecule has 0 aliphatic carbocycles. The van der Waals surface area contributed by atoms with Crippen molar-refractivity contribution in [3.05, 3.63) is 30.1 Å². The van der Waals surface area contributed by atoms with Gasteiger partial charge < -0.3 is 5.11 Å². The van der Waals surface area contributed by atoms with Crippen LogP contribution in [0.2, 0.25) is 0 Å². The van der Waals surface area contributed by atoms with Gasteiger partial charge in [-0.25, -0.2) is 9.78 Å². The Morgan fingerprint density at radius 2 is 2.20 bits per heavy atom. The van der Waals surface area contributed by atoms with Crippen molar-refractivity contribution < 1.29 is 9.90 Å². The molecule has 0 bridgehead atoms. The second kappa shape index (κ2) is 4.07. The van der Waals surface area contributed by atoms with Crippen molar-refractivity contribution in [3.8, 4) is 0 Å². The summed E-state index contributed by atoms with van der Waals surface area (Å²) in [4.78, 5) is 13.7. The van der Waals surface area contributed by atoms with Crippen LogP contribution in [0.1, 0.15) is 10.5 Å². The van der Waals surface area contributed by atoms with Gasteiger partial charge in [0, 0.05) is 6.20 Å². The van der Waals surface area contributed by atoms with Gasteiger partial charge in [-0.3, -0.25) is 0 Å². The first-order valence-electron chi connectivity index (χ1n) is 2.45. The number of carboxylic acid groups (broad SMARTS) is 1. The molecule has 1 unspecified atom stereocenters. The van der Waals surface area contributed by atoms with Crippen LogP contribution >= 0.6 is 0 Å². The molecule has 4 heteroatoms. The minimum absolute atomic E-state index is 0. The van der Waals surface area contributed by atoms with Crippen LogP contribution in [0.15, 0.2) is 24.4 Å². The molecular weight excluding hydrogens is 193 g/mol. The average Bonchev–Trinajstić information content (AvgIpc) is 1.90. The summed E-state index contributed by atoms with van der Waals surface area (Å²) in [6.45, 7) is 0. The Kier molecular flexibility index (Phi) is 3.73. The van der Waals surface area contributed by atoms with Crippen molar-refractivity contribution in [1.82, 2.24) is 4.98 Å². The topological polar surface area (TPSA) is 50.2 Å². The van der Waals surface area contributed by atoms with Crippen LogP contribution in [0.4, 0.5) is 0 Å². The fourth-order valence-electron chi connectivity index (χ4n) is 0.489. The average molecular weight is 201 g/mol. The SMILES string of the molecule is O=C(O)c1ccccn1.[AsH3]. The van der Waals surface area contributed by atoms with Crippen LogP contribution in [-0.4, -0.2) is 34.0 Å². The first kappa shape index (κ1) is 9.18. The zero-order chi connectivity index (χ0) is 6.69. The Hall–Kier alpha value is -0.822. The number of carbonyl (C=O) groups is 1. The van der Waals surface area contributed by atoms with Crippen LogP contribution in [-0.2, 0) is 0 Å². The molecule has 54 valence electrons. The summed E-state index contributed by atoms with van der Waals surface area (Å²) >= 11 is 0. The zero-order valence-electron chi connectivity index (χ0n) is 5.32. The molecular formula is C6H8AsNO2. The molecule has 1 atom stereocenters. The molecule has 0 fully saturated rings. The van der Waals surface area contributed by atoms with E-state index in [1.54, 1.807) is 12.1 Å². The summed E-state index contributed by atoms with van der Waals surface area (Å²) in [5, 5.41) is 8.32. The van der Waals surface area contributed by atoms with Gasteiger partial charge in [-0.2, -0.15) is 0 Å². The third-order valence-electron chi connectivity index (χ3n) is 0.884. The van der Waals surface area contributed by atoms with Gasteiger partial charge in [-0.15, -0.1) is 0 Å². The fourth-order valence-corrected chi connectivity index (χ4v) is 0.489. The van der Waals surface area contributed by atoms with Gasteiger partial charge in [-0.1, -0.05) is 6.07 Å². The van der Waals surface area contributed by atoms with Crippen molar-refractivity contribution in [3.63, 3.8) is 0 Å². The second-order valence-electron chi connectivity index (χ2n) is 1.52. The predicted molar refractivity (Wildman–Crippen MR) is 41.1 cm³/mol. The number of aromatic carboxylic acids is 1. The molecule has 0 aliphatic rings. The molecule has 3 nitrogen and oxygen atoms in total. The van der Waals surface area contributed by atoms with Gasteiger partial charge in [0.15, 0.2) is 0 Å². The predicted octanol–water partition coefficient (Wildman–Crippen LogP) is -0.404. The van der Waals surface area contributed by atoms with E-state index in [4.69, 9.17) is 5.11 Å². The van der Waals surface area contributed by atoms with Crippen molar-refractivity contribution in [2.45, 2.75) is 0 Å². The Bertz CT molecular complexity index is 212. The van der Waals surface area contributed by atoms with E-state index < -0.39 is 5.97 Å².